The van der Waals surface area contributed by atoms with E-state index in [4.69, 9.17) is 0 Å². The molecular formula is C18H17F3N4O3. The normalized spacial score (nSPS) is 16.4. The fraction of sp³-hybridized carbons (Fsp3) is 0.278. The lowest BCUT2D eigenvalue weighted by atomic mass is 9.98. The third kappa shape index (κ3) is 4.70. The van der Waals surface area contributed by atoms with Gasteiger partial charge < -0.3 is 20.3 Å². The van der Waals surface area contributed by atoms with Crippen LogP contribution in [0.2, 0.25) is 0 Å². The van der Waals surface area contributed by atoms with Crippen LogP contribution in [0.5, 0.6) is 5.88 Å². The van der Waals surface area contributed by atoms with Crippen LogP contribution in [0, 0.1) is 0 Å². The van der Waals surface area contributed by atoms with E-state index in [1.165, 1.54) is 17.0 Å². The Kier molecular flexibility index (Phi) is 5.39. The summed E-state index contributed by atoms with van der Waals surface area (Å²) in [5, 5.41) is 5.09. The molecule has 0 saturated heterocycles. The van der Waals surface area contributed by atoms with Crippen LogP contribution < -0.4 is 20.3 Å². The molecule has 1 aliphatic rings. The number of benzene rings is 1. The highest BCUT2D eigenvalue weighted by Gasteiger charge is 2.31. The molecule has 1 unspecified atom stereocenters. The third-order valence-corrected chi connectivity index (χ3v) is 4.09. The average molecular weight is 394 g/mol. The zero-order valence-corrected chi connectivity index (χ0v) is 14.8. The molecule has 0 spiro atoms. The Morgan fingerprint density at radius 3 is 2.71 bits per heavy atom. The Hall–Kier alpha value is -3.30. The van der Waals surface area contributed by atoms with Gasteiger partial charge in [-0.25, -0.2) is 9.78 Å². The monoisotopic (exact) mass is 394 g/mol. The number of halogens is 3. The molecule has 10 heteroatoms. The van der Waals surface area contributed by atoms with Gasteiger partial charge in [-0.1, -0.05) is 18.2 Å². The summed E-state index contributed by atoms with van der Waals surface area (Å²) in [5.74, 6) is -0.466. The molecule has 1 aromatic carbocycles. The smallest absolute Gasteiger partial charge is 0.422 e. The second kappa shape index (κ2) is 7.75. The van der Waals surface area contributed by atoms with E-state index >= 15 is 0 Å². The lowest BCUT2D eigenvalue weighted by Gasteiger charge is -2.31. The molecule has 0 bridgehead atoms. The molecule has 1 atom stereocenters. The lowest BCUT2D eigenvalue weighted by molar-refractivity contribution is -0.154. The number of rotatable bonds is 4. The van der Waals surface area contributed by atoms with Gasteiger partial charge in [0.15, 0.2) is 6.61 Å². The molecule has 1 aliphatic heterocycles. The molecule has 0 saturated carbocycles. The first-order valence-electron chi connectivity index (χ1n) is 8.31. The number of pyridine rings is 1. The van der Waals surface area contributed by atoms with E-state index in [9.17, 15) is 22.8 Å². The summed E-state index contributed by atoms with van der Waals surface area (Å²) in [6.07, 6.45) is -2.94. The Morgan fingerprint density at radius 1 is 1.29 bits per heavy atom. The largest absolute Gasteiger partial charge is 0.468 e. The van der Waals surface area contributed by atoms with Crippen molar-refractivity contribution in [1.82, 2.24) is 10.3 Å². The topological polar surface area (TPSA) is 83.6 Å². The van der Waals surface area contributed by atoms with Crippen LogP contribution in [-0.2, 0) is 11.2 Å². The van der Waals surface area contributed by atoms with Gasteiger partial charge in [-0.2, -0.15) is 13.2 Å². The number of urea groups is 1. The summed E-state index contributed by atoms with van der Waals surface area (Å²) in [4.78, 5) is 29.8. The number of amides is 3. The van der Waals surface area contributed by atoms with Gasteiger partial charge in [0.05, 0.1) is 11.9 Å². The van der Waals surface area contributed by atoms with E-state index in [-0.39, 0.29) is 17.5 Å². The predicted octanol–water partition coefficient (Wildman–Crippen LogP) is 2.73. The van der Waals surface area contributed by atoms with Crippen LogP contribution in [-0.4, -0.2) is 42.8 Å². The summed E-state index contributed by atoms with van der Waals surface area (Å²) < 4.78 is 40.9. The van der Waals surface area contributed by atoms with Crippen molar-refractivity contribution < 1.29 is 27.5 Å². The molecule has 2 aromatic rings. The molecule has 3 rings (SSSR count). The van der Waals surface area contributed by atoms with E-state index in [0.717, 1.165) is 17.4 Å². The van der Waals surface area contributed by atoms with Crippen molar-refractivity contribution in [3.05, 3.63) is 48.2 Å². The molecule has 0 radical (unpaired) electrons. The summed E-state index contributed by atoms with van der Waals surface area (Å²) in [5.41, 5.74) is 1.97. The summed E-state index contributed by atoms with van der Waals surface area (Å²) in [6, 6.07) is 8.59. The zero-order valence-electron chi connectivity index (χ0n) is 14.8. The summed E-state index contributed by atoms with van der Waals surface area (Å²) >= 11 is 0. The first-order valence-corrected chi connectivity index (χ1v) is 8.31. The van der Waals surface area contributed by atoms with Crippen molar-refractivity contribution in [2.24, 2.45) is 0 Å². The number of carbonyl (C=O) groups is 2. The Balaban J connectivity index is 1.58. The minimum Gasteiger partial charge on any atom is -0.468 e. The van der Waals surface area contributed by atoms with Crippen molar-refractivity contribution in [3.63, 3.8) is 0 Å². The van der Waals surface area contributed by atoms with Crippen molar-refractivity contribution in [1.29, 1.82) is 0 Å². The summed E-state index contributed by atoms with van der Waals surface area (Å²) in [6.45, 7) is -1.45. The lowest BCUT2D eigenvalue weighted by Crippen LogP contribution is -2.52. The number of likely N-dealkylation sites (N-methyl/N-ethyl adjacent to an activating group) is 1. The fourth-order valence-corrected chi connectivity index (χ4v) is 2.80. The molecule has 3 amide bonds. The number of ether oxygens (including phenoxy) is 1. The van der Waals surface area contributed by atoms with Gasteiger partial charge in [-0.3, -0.25) is 4.79 Å². The average Bonchev–Trinajstić information content (AvgIpc) is 2.65. The van der Waals surface area contributed by atoms with Crippen molar-refractivity contribution in [3.8, 4) is 5.88 Å². The van der Waals surface area contributed by atoms with Crippen LogP contribution in [0.4, 0.5) is 29.3 Å². The number of alkyl halides is 3. The first-order chi connectivity index (χ1) is 13.2. The van der Waals surface area contributed by atoms with Crippen molar-refractivity contribution in [2.45, 2.75) is 18.6 Å². The maximum atomic E-state index is 12.4. The second-order valence-electron chi connectivity index (χ2n) is 6.17. The highest BCUT2D eigenvalue weighted by Crippen LogP contribution is 2.26. The highest BCUT2D eigenvalue weighted by atomic mass is 19.4. The minimum atomic E-state index is -4.46. The van der Waals surface area contributed by atoms with Crippen molar-refractivity contribution in [2.75, 3.05) is 23.9 Å². The fourth-order valence-electron chi connectivity index (χ4n) is 2.80. The number of nitrogens with one attached hydrogen (secondary N) is 2. The number of anilines is 2. The molecule has 2 heterocycles. The highest BCUT2D eigenvalue weighted by molar-refractivity contribution is 6.02. The van der Waals surface area contributed by atoms with Crippen LogP contribution in [0.25, 0.3) is 0 Å². The summed E-state index contributed by atoms with van der Waals surface area (Å²) in [7, 11) is 1.64. The first kappa shape index (κ1) is 19.5. The standard InChI is InChI=1S/C18H17F3N4O3/c1-25-14-5-3-2-4-11(14)8-13(16(25)26)24-17(27)23-12-6-7-15(22-9-12)28-10-18(19,20)21/h2-7,9,13H,8,10H2,1H3,(H2,23,24,27). The number of aromatic nitrogens is 1. The van der Waals surface area contributed by atoms with E-state index in [1.807, 2.05) is 24.3 Å². The molecule has 0 fully saturated rings. The number of para-hydroxylation sites is 1. The van der Waals surface area contributed by atoms with Crippen LogP contribution in [0.15, 0.2) is 42.6 Å². The quantitative estimate of drug-likeness (QED) is 0.835. The Labute approximate surface area is 158 Å². The van der Waals surface area contributed by atoms with Gasteiger partial charge in [0.25, 0.3) is 0 Å². The number of carbonyl (C=O) groups excluding carboxylic acids is 2. The van der Waals surface area contributed by atoms with Gasteiger partial charge in [-0.05, 0) is 17.7 Å². The Bertz CT molecular complexity index is 871. The molecule has 1 aromatic heterocycles. The maximum absolute atomic E-state index is 12.4. The molecule has 7 nitrogen and oxygen atoms in total. The number of fused-ring (bicyclic) bond motifs is 1. The minimum absolute atomic E-state index is 0.219. The second-order valence-corrected chi connectivity index (χ2v) is 6.17. The maximum Gasteiger partial charge on any atom is 0.422 e. The molecule has 0 aliphatic carbocycles. The Morgan fingerprint density at radius 2 is 2.04 bits per heavy atom. The van der Waals surface area contributed by atoms with Gasteiger partial charge in [-0.15, -0.1) is 0 Å². The number of hydrogen-bond acceptors (Lipinski definition) is 4. The number of nitrogens with zero attached hydrogens (tertiary/aromatic N) is 2. The van der Waals surface area contributed by atoms with Crippen LogP contribution in [0.3, 0.4) is 0 Å². The third-order valence-electron chi connectivity index (χ3n) is 4.09. The van der Waals surface area contributed by atoms with Gasteiger partial charge in [0.1, 0.15) is 6.04 Å². The van der Waals surface area contributed by atoms with Gasteiger partial charge in [0.2, 0.25) is 11.8 Å². The van der Waals surface area contributed by atoms with Crippen LogP contribution >= 0.6 is 0 Å². The molecule has 148 valence electrons. The van der Waals surface area contributed by atoms with Gasteiger partial charge in [0, 0.05) is 25.2 Å². The van der Waals surface area contributed by atoms with E-state index in [1.54, 1.807) is 7.05 Å². The molecule has 28 heavy (non-hydrogen) atoms. The zero-order chi connectivity index (χ0) is 20.3. The molecule has 2 N–H and O–H groups in total. The molecular weight excluding hydrogens is 377 g/mol. The van der Waals surface area contributed by atoms with E-state index in [2.05, 4.69) is 20.4 Å². The van der Waals surface area contributed by atoms with Crippen molar-refractivity contribution >= 4 is 23.3 Å². The number of hydrogen-bond donors (Lipinski definition) is 2. The predicted molar refractivity (Wildman–Crippen MR) is 95.3 cm³/mol. The van der Waals surface area contributed by atoms with Crippen LogP contribution in [0.1, 0.15) is 5.56 Å². The van der Waals surface area contributed by atoms with Gasteiger partial charge >= 0.3 is 12.2 Å². The SMILES string of the molecule is CN1C(=O)C(NC(=O)Nc2ccc(OCC(F)(F)F)nc2)Cc2ccccc21. The van der Waals surface area contributed by atoms with E-state index < -0.39 is 24.9 Å². The van der Waals surface area contributed by atoms with E-state index in [0.29, 0.717) is 6.42 Å².